The number of hydrogen-bond acceptors (Lipinski definition) is 3. The lowest BCUT2D eigenvalue weighted by Gasteiger charge is -2.04. The molecule has 0 aliphatic rings. The van der Waals surface area contributed by atoms with Crippen LogP contribution in [0.5, 0.6) is 0 Å². The van der Waals surface area contributed by atoms with E-state index in [0.29, 0.717) is 0 Å². The van der Waals surface area contributed by atoms with Gasteiger partial charge in [-0.3, -0.25) is 0 Å². The average molecular weight is 335 g/mol. The van der Waals surface area contributed by atoms with Crippen LogP contribution in [0.2, 0.25) is 5.02 Å². The fourth-order valence-corrected chi connectivity index (χ4v) is 4.26. The summed E-state index contributed by atoms with van der Waals surface area (Å²) in [7, 11) is 0. The van der Waals surface area contributed by atoms with E-state index >= 15 is 0 Å². The van der Waals surface area contributed by atoms with Crippen LogP contribution in [-0.4, -0.2) is 11.1 Å². The van der Waals surface area contributed by atoms with Crippen LogP contribution in [0.15, 0.2) is 52.7 Å². The van der Waals surface area contributed by atoms with Gasteiger partial charge in [-0.2, -0.15) is 0 Å². The van der Waals surface area contributed by atoms with Crippen molar-refractivity contribution in [1.82, 2.24) is 0 Å². The van der Waals surface area contributed by atoms with Gasteiger partial charge in [0.15, 0.2) is 0 Å². The Bertz CT molecular complexity index is 811. The first-order valence-corrected chi connectivity index (χ1v) is 8.50. The van der Waals surface area contributed by atoms with Crippen molar-refractivity contribution in [3.63, 3.8) is 0 Å². The Kier molecular flexibility index (Phi) is 4.19. The summed E-state index contributed by atoms with van der Waals surface area (Å²) in [6.45, 7) is 0. The molecule has 3 rings (SSSR count). The van der Waals surface area contributed by atoms with Gasteiger partial charge < -0.3 is 5.11 Å². The number of benzene rings is 2. The molecule has 0 saturated heterocycles. The van der Waals surface area contributed by atoms with Gasteiger partial charge >= 0.3 is 5.97 Å². The standard InChI is InChI=1S/C16H11ClO2S2/c17-14-6-5-11(7-13(14)16(18)19)20-8-10-9-21-15-4-2-1-3-12(10)15/h1-7,9H,8H2,(H,18,19). The molecule has 2 nitrogen and oxygen atoms in total. The van der Waals surface area contributed by atoms with Crippen molar-refractivity contribution in [2.45, 2.75) is 10.6 Å². The minimum absolute atomic E-state index is 0.150. The maximum atomic E-state index is 11.1. The molecule has 0 aliphatic heterocycles. The maximum absolute atomic E-state index is 11.1. The van der Waals surface area contributed by atoms with Crippen LogP contribution in [0.3, 0.4) is 0 Å². The minimum Gasteiger partial charge on any atom is -0.478 e. The van der Waals surface area contributed by atoms with Crippen LogP contribution in [0.1, 0.15) is 15.9 Å². The normalized spacial score (nSPS) is 10.9. The van der Waals surface area contributed by atoms with Gasteiger partial charge in [0, 0.05) is 15.3 Å². The van der Waals surface area contributed by atoms with E-state index in [2.05, 4.69) is 17.5 Å². The van der Waals surface area contributed by atoms with Crippen molar-refractivity contribution >= 4 is 50.8 Å². The Morgan fingerprint density at radius 1 is 1.24 bits per heavy atom. The zero-order chi connectivity index (χ0) is 14.8. The Balaban J connectivity index is 1.82. The number of aromatic carboxylic acids is 1. The molecule has 1 aromatic heterocycles. The molecule has 5 heteroatoms. The summed E-state index contributed by atoms with van der Waals surface area (Å²) in [4.78, 5) is 12.0. The van der Waals surface area contributed by atoms with Crippen molar-refractivity contribution < 1.29 is 9.90 Å². The third-order valence-electron chi connectivity index (χ3n) is 3.12. The molecule has 3 aromatic rings. The van der Waals surface area contributed by atoms with Crippen molar-refractivity contribution in [2.24, 2.45) is 0 Å². The van der Waals surface area contributed by atoms with E-state index < -0.39 is 5.97 Å². The van der Waals surface area contributed by atoms with Gasteiger partial charge in [-0.25, -0.2) is 4.79 Å². The van der Waals surface area contributed by atoms with Crippen LogP contribution in [0.4, 0.5) is 0 Å². The van der Waals surface area contributed by atoms with Crippen molar-refractivity contribution in [3.05, 3.63) is 64.0 Å². The van der Waals surface area contributed by atoms with E-state index in [9.17, 15) is 4.79 Å². The molecule has 106 valence electrons. The monoisotopic (exact) mass is 334 g/mol. The topological polar surface area (TPSA) is 37.3 Å². The number of carboxylic acids is 1. The summed E-state index contributed by atoms with van der Waals surface area (Å²) >= 11 is 9.23. The SMILES string of the molecule is O=C(O)c1cc(SCc2csc3ccccc23)ccc1Cl. The molecule has 1 N–H and O–H groups in total. The first-order chi connectivity index (χ1) is 10.1. The molecular weight excluding hydrogens is 324 g/mol. The van der Waals surface area contributed by atoms with Crippen LogP contribution >= 0.6 is 34.7 Å². The molecule has 0 saturated carbocycles. The molecule has 0 amide bonds. The van der Waals surface area contributed by atoms with Crippen molar-refractivity contribution in [2.75, 3.05) is 0 Å². The molecule has 0 fully saturated rings. The summed E-state index contributed by atoms with van der Waals surface area (Å²) < 4.78 is 1.27. The van der Waals surface area contributed by atoms with Gasteiger partial charge in [0.05, 0.1) is 10.6 Å². The van der Waals surface area contributed by atoms with E-state index in [-0.39, 0.29) is 10.6 Å². The van der Waals surface area contributed by atoms with Crippen molar-refractivity contribution in [3.8, 4) is 0 Å². The number of thioether (sulfide) groups is 1. The van der Waals surface area contributed by atoms with Crippen molar-refractivity contribution in [1.29, 1.82) is 0 Å². The Morgan fingerprint density at radius 2 is 2.05 bits per heavy atom. The molecule has 0 aliphatic carbocycles. The molecular formula is C16H11ClO2S2. The molecule has 1 heterocycles. The second-order valence-corrected chi connectivity index (χ2v) is 6.86. The summed E-state index contributed by atoms with van der Waals surface area (Å²) in [6, 6.07) is 13.4. The second-order valence-electron chi connectivity index (χ2n) is 4.49. The number of halogens is 1. The van der Waals surface area contributed by atoms with Gasteiger partial charge in [0.2, 0.25) is 0 Å². The Labute approximate surface area is 135 Å². The highest BCUT2D eigenvalue weighted by atomic mass is 35.5. The lowest BCUT2D eigenvalue weighted by Crippen LogP contribution is -1.97. The summed E-state index contributed by atoms with van der Waals surface area (Å²) in [5.74, 6) is -0.187. The molecule has 0 radical (unpaired) electrons. The first-order valence-electron chi connectivity index (χ1n) is 6.26. The Morgan fingerprint density at radius 3 is 2.86 bits per heavy atom. The highest BCUT2D eigenvalue weighted by molar-refractivity contribution is 7.98. The van der Waals surface area contributed by atoms with Gasteiger partial charge in [-0.15, -0.1) is 23.1 Å². The van der Waals surface area contributed by atoms with Crippen LogP contribution in [0, 0.1) is 0 Å². The smallest absolute Gasteiger partial charge is 0.337 e. The van der Waals surface area contributed by atoms with Crippen LogP contribution in [-0.2, 0) is 5.75 Å². The number of rotatable bonds is 4. The predicted molar refractivity (Wildman–Crippen MR) is 89.8 cm³/mol. The van der Waals surface area contributed by atoms with Crippen LogP contribution < -0.4 is 0 Å². The molecule has 21 heavy (non-hydrogen) atoms. The first kappa shape index (κ1) is 14.4. The van der Waals surface area contributed by atoms with E-state index in [1.54, 1.807) is 35.2 Å². The number of hydrogen-bond donors (Lipinski definition) is 1. The average Bonchev–Trinajstić information content (AvgIpc) is 2.89. The number of fused-ring (bicyclic) bond motifs is 1. The number of carbonyl (C=O) groups is 1. The van der Waals surface area contributed by atoms with E-state index in [1.165, 1.54) is 15.6 Å². The number of thiophene rings is 1. The van der Waals surface area contributed by atoms with E-state index in [1.807, 2.05) is 18.2 Å². The third-order valence-corrected chi connectivity index (χ3v) is 5.51. The molecule has 0 atom stereocenters. The molecule has 0 spiro atoms. The molecule has 2 aromatic carbocycles. The largest absolute Gasteiger partial charge is 0.478 e. The summed E-state index contributed by atoms with van der Waals surface area (Å²) in [5, 5.41) is 12.8. The predicted octanol–water partition coefficient (Wildman–Crippen LogP) is 5.55. The fraction of sp³-hybridized carbons (Fsp3) is 0.0625. The molecule has 0 bridgehead atoms. The zero-order valence-electron chi connectivity index (χ0n) is 10.9. The fourth-order valence-electron chi connectivity index (χ4n) is 2.06. The van der Waals surface area contributed by atoms with Gasteiger partial charge in [-0.1, -0.05) is 29.8 Å². The second kappa shape index (κ2) is 6.10. The minimum atomic E-state index is -0.997. The van der Waals surface area contributed by atoms with Crippen LogP contribution in [0.25, 0.3) is 10.1 Å². The Hall–Kier alpha value is -1.49. The maximum Gasteiger partial charge on any atom is 0.337 e. The van der Waals surface area contributed by atoms with Gasteiger partial charge in [-0.05, 0) is 40.6 Å². The summed E-state index contributed by atoms with van der Waals surface area (Å²) in [5.41, 5.74) is 1.42. The third kappa shape index (κ3) is 3.07. The van der Waals surface area contributed by atoms with E-state index in [0.717, 1.165) is 10.6 Å². The highest BCUT2D eigenvalue weighted by Crippen LogP contribution is 2.32. The van der Waals surface area contributed by atoms with E-state index in [4.69, 9.17) is 16.7 Å². The lowest BCUT2D eigenvalue weighted by atomic mass is 10.2. The lowest BCUT2D eigenvalue weighted by molar-refractivity contribution is 0.0697. The van der Waals surface area contributed by atoms with Gasteiger partial charge in [0.1, 0.15) is 0 Å². The number of carboxylic acid groups (broad SMARTS) is 1. The highest BCUT2D eigenvalue weighted by Gasteiger charge is 2.10. The van der Waals surface area contributed by atoms with Gasteiger partial charge in [0.25, 0.3) is 0 Å². The summed E-state index contributed by atoms with van der Waals surface area (Å²) in [6.07, 6.45) is 0. The molecule has 0 unspecified atom stereocenters. The zero-order valence-corrected chi connectivity index (χ0v) is 13.3. The quantitative estimate of drug-likeness (QED) is 0.636.